The number of halogens is 1. The minimum absolute atomic E-state index is 0.0865. The average molecular weight is 396 g/mol. The Labute approximate surface area is 169 Å². The number of rotatable bonds is 5. The van der Waals surface area contributed by atoms with Crippen molar-refractivity contribution in [3.63, 3.8) is 0 Å². The minimum Gasteiger partial charge on any atom is -0.342 e. The quantitative estimate of drug-likeness (QED) is 0.843. The standard InChI is InChI=1S/C22H25FN4O2/c1-13-17(11-20(28)26-19-6-4-3-5-18(19)23)14(2)25-21(24-13)16-9-10-27(12-16)22(29)15-7-8-15/h3-6,15-16H,7-12H2,1-2H3,(H,26,28). The highest BCUT2D eigenvalue weighted by Crippen LogP contribution is 2.34. The molecule has 1 aliphatic carbocycles. The van der Waals surface area contributed by atoms with Crippen molar-refractivity contribution in [3.05, 3.63) is 52.9 Å². The van der Waals surface area contributed by atoms with Crippen molar-refractivity contribution < 1.29 is 14.0 Å². The van der Waals surface area contributed by atoms with Crippen LogP contribution in [0, 0.1) is 25.6 Å². The van der Waals surface area contributed by atoms with Gasteiger partial charge in [-0.1, -0.05) is 12.1 Å². The van der Waals surface area contributed by atoms with Gasteiger partial charge in [-0.25, -0.2) is 14.4 Å². The second-order valence-corrected chi connectivity index (χ2v) is 7.98. The van der Waals surface area contributed by atoms with Crippen LogP contribution in [0.4, 0.5) is 10.1 Å². The first-order valence-corrected chi connectivity index (χ1v) is 10.1. The third kappa shape index (κ3) is 4.28. The van der Waals surface area contributed by atoms with Crippen LogP contribution in [-0.2, 0) is 16.0 Å². The van der Waals surface area contributed by atoms with Crippen LogP contribution in [0.3, 0.4) is 0 Å². The molecule has 2 amide bonds. The second-order valence-electron chi connectivity index (χ2n) is 7.98. The van der Waals surface area contributed by atoms with E-state index in [0.717, 1.165) is 48.6 Å². The van der Waals surface area contributed by atoms with Crippen LogP contribution in [0.25, 0.3) is 0 Å². The van der Waals surface area contributed by atoms with Crippen molar-refractivity contribution in [1.29, 1.82) is 0 Å². The van der Waals surface area contributed by atoms with Crippen LogP contribution < -0.4 is 5.32 Å². The molecule has 0 bridgehead atoms. The highest BCUT2D eigenvalue weighted by molar-refractivity contribution is 5.92. The van der Waals surface area contributed by atoms with Crippen molar-refractivity contribution in [2.45, 2.75) is 45.4 Å². The normalized spacial score (nSPS) is 18.7. The largest absolute Gasteiger partial charge is 0.342 e. The molecule has 0 spiro atoms. The predicted octanol–water partition coefficient (Wildman–Crippen LogP) is 3.14. The maximum absolute atomic E-state index is 13.7. The van der Waals surface area contributed by atoms with Crippen LogP contribution >= 0.6 is 0 Å². The number of para-hydroxylation sites is 1. The molecule has 4 rings (SSSR count). The summed E-state index contributed by atoms with van der Waals surface area (Å²) in [5.74, 6) is 0.601. The Morgan fingerprint density at radius 1 is 1.14 bits per heavy atom. The first-order valence-electron chi connectivity index (χ1n) is 10.1. The van der Waals surface area contributed by atoms with Gasteiger partial charge in [0.05, 0.1) is 12.1 Å². The third-order valence-electron chi connectivity index (χ3n) is 5.71. The molecule has 7 heteroatoms. The number of nitrogens with one attached hydrogen (secondary N) is 1. The molecule has 1 saturated heterocycles. The Morgan fingerprint density at radius 2 is 1.83 bits per heavy atom. The van der Waals surface area contributed by atoms with E-state index in [1.54, 1.807) is 12.1 Å². The van der Waals surface area contributed by atoms with Gasteiger partial charge in [0.15, 0.2) is 0 Å². The molecule has 1 aromatic carbocycles. The van der Waals surface area contributed by atoms with E-state index in [4.69, 9.17) is 0 Å². The number of aryl methyl sites for hydroxylation is 2. The summed E-state index contributed by atoms with van der Waals surface area (Å²) in [7, 11) is 0. The first-order chi connectivity index (χ1) is 13.9. The minimum atomic E-state index is -0.465. The zero-order valence-electron chi connectivity index (χ0n) is 16.7. The molecular formula is C22H25FN4O2. The summed E-state index contributed by atoms with van der Waals surface area (Å²) in [6.45, 7) is 5.16. The summed E-state index contributed by atoms with van der Waals surface area (Å²) in [5.41, 5.74) is 2.43. The molecule has 2 aliphatic rings. The summed E-state index contributed by atoms with van der Waals surface area (Å²) in [4.78, 5) is 35.9. The van der Waals surface area contributed by atoms with Crippen LogP contribution in [0.15, 0.2) is 24.3 Å². The first kappa shape index (κ1) is 19.5. The van der Waals surface area contributed by atoms with Crippen LogP contribution in [0.1, 0.15) is 48.0 Å². The topological polar surface area (TPSA) is 75.2 Å². The van der Waals surface area contributed by atoms with Crippen LogP contribution in [0.2, 0.25) is 0 Å². The molecule has 1 saturated carbocycles. The number of amides is 2. The van der Waals surface area contributed by atoms with Crippen molar-refractivity contribution in [1.82, 2.24) is 14.9 Å². The summed E-state index contributed by atoms with van der Waals surface area (Å²) in [5, 5.41) is 2.60. The van der Waals surface area contributed by atoms with E-state index in [0.29, 0.717) is 6.54 Å². The SMILES string of the molecule is Cc1nc(C2CCN(C(=O)C3CC3)C2)nc(C)c1CC(=O)Nc1ccccc1F. The van der Waals surface area contributed by atoms with Gasteiger partial charge in [-0.2, -0.15) is 0 Å². The number of benzene rings is 1. The lowest BCUT2D eigenvalue weighted by molar-refractivity contribution is -0.131. The lowest BCUT2D eigenvalue weighted by Gasteiger charge is -2.17. The lowest BCUT2D eigenvalue weighted by atomic mass is 10.0. The monoisotopic (exact) mass is 396 g/mol. The number of likely N-dealkylation sites (tertiary alicyclic amines) is 1. The van der Waals surface area contributed by atoms with E-state index < -0.39 is 5.82 Å². The Balaban J connectivity index is 1.44. The zero-order valence-corrected chi connectivity index (χ0v) is 16.7. The van der Waals surface area contributed by atoms with Gasteiger partial charge in [0, 0.05) is 41.9 Å². The number of hydrogen-bond donors (Lipinski definition) is 1. The molecule has 1 atom stereocenters. The molecular weight excluding hydrogens is 371 g/mol. The van der Waals surface area contributed by atoms with Gasteiger partial charge in [0.25, 0.3) is 0 Å². The van der Waals surface area contributed by atoms with Crippen molar-refractivity contribution in [2.24, 2.45) is 5.92 Å². The Morgan fingerprint density at radius 3 is 2.48 bits per heavy atom. The third-order valence-corrected chi connectivity index (χ3v) is 5.71. The highest BCUT2D eigenvalue weighted by Gasteiger charge is 2.37. The molecule has 2 heterocycles. The molecule has 1 aromatic heterocycles. The molecule has 6 nitrogen and oxygen atoms in total. The van der Waals surface area contributed by atoms with Gasteiger partial charge in [-0.15, -0.1) is 0 Å². The summed E-state index contributed by atoms with van der Waals surface area (Å²) < 4.78 is 13.7. The van der Waals surface area contributed by atoms with E-state index in [2.05, 4.69) is 15.3 Å². The van der Waals surface area contributed by atoms with Crippen molar-refractivity contribution in [3.8, 4) is 0 Å². The molecule has 1 aliphatic heterocycles. The van der Waals surface area contributed by atoms with Crippen LogP contribution in [0.5, 0.6) is 0 Å². The summed E-state index contributed by atoms with van der Waals surface area (Å²) in [6.07, 6.45) is 2.98. The van der Waals surface area contributed by atoms with Gasteiger partial charge in [0.2, 0.25) is 11.8 Å². The van der Waals surface area contributed by atoms with Gasteiger partial charge in [-0.05, 0) is 45.2 Å². The number of carbonyl (C=O) groups excluding carboxylic acids is 2. The molecule has 1 unspecified atom stereocenters. The molecule has 0 radical (unpaired) electrons. The lowest BCUT2D eigenvalue weighted by Crippen LogP contribution is -2.29. The summed E-state index contributed by atoms with van der Waals surface area (Å²) >= 11 is 0. The fourth-order valence-electron chi connectivity index (χ4n) is 3.88. The van der Waals surface area contributed by atoms with E-state index in [9.17, 15) is 14.0 Å². The highest BCUT2D eigenvalue weighted by atomic mass is 19.1. The Bertz CT molecular complexity index is 935. The Hall–Kier alpha value is -2.83. The van der Waals surface area contributed by atoms with E-state index in [-0.39, 0.29) is 35.8 Å². The van der Waals surface area contributed by atoms with E-state index in [1.807, 2.05) is 18.7 Å². The molecule has 29 heavy (non-hydrogen) atoms. The van der Waals surface area contributed by atoms with Gasteiger partial charge in [-0.3, -0.25) is 9.59 Å². The van der Waals surface area contributed by atoms with Gasteiger partial charge < -0.3 is 10.2 Å². The molecule has 2 aromatic rings. The van der Waals surface area contributed by atoms with E-state index in [1.165, 1.54) is 12.1 Å². The predicted molar refractivity (Wildman–Crippen MR) is 107 cm³/mol. The Kier molecular flexibility index (Phi) is 5.30. The number of nitrogens with zero attached hydrogens (tertiary/aromatic N) is 3. The molecule has 1 N–H and O–H groups in total. The number of carbonyl (C=O) groups is 2. The maximum Gasteiger partial charge on any atom is 0.229 e. The fraction of sp³-hybridized carbons (Fsp3) is 0.455. The van der Waals surface area contributed by atoms with Crippen LogP contribution in [-0.4, -0.2) is 39.8 Å². The molecule has 2 fully saturated rings. The fourth-order valence-corrected chi connectivity index (χ4v) is 3.88. The number of anilines is 1. The molecule has 152 valence electrons. The zero-order chi connectivity index (χ0) is 20.5. The van der Waals surface area contributed by atoms with Crippen molar-refractivity contribution in [2.75, 3.05) is 18.4 Å². The number of hydrogen-bond acceptors (Lipinski definition) is 4. The van der Waals surface area contributed by atoms with Gasteiger partial charge in [0.1, 0.15) is 11.6 Å². The second kappa shape index (κ2) is 7.89. The average Bonchev–Trinajstić information content (AvgIpc) is 3.42. The maximum atomic E-state index is 13.7. The smallest absolute Gasteiger partial charge is 0.229 e. The summed E-state index contributed by atoms with van der Waals surface area (Å²) in [6, 6.07) is 6.09. The van der Waals surface area contributed by atoms with E-state index >= 15 is 0 Å². The van der Waals surface area contributed by atoms with Crippen molar-refractivity contribution >= 4 is 17.5 Å². The number of aromatic nitrogens is 2. The van der Waals surface area contributed by atoms with Gasteiger partial charge >= 0.3 is 0 Å².